The second-order valence-electron chi connectivity index (χ2n) is 5.33. The summed E-state index contributed by atoms with van der Waals surface area (Å²) in [5.74, 6) is -0.0927. The number of rotatable bonds is 5. The van der Waals surface area contributed by atoms with Crippen molar-refractivity contribution in [1.82, 2.24) is 4.72 Å². The van der Waals surface area contributed by atoms with Crippen molar-refractivity contribution < 1.29 is 13.2 Å². The summed E-state index contributed by atoms with van der Waals surface area (Å²) in [5.41, 5.74) is 2.51. The molecule has 1 N–H and O–H groups in total. The first-order valence-electron chi connectivity index (χ1n) is 6.99. The van der Waals surface area contributed by atoms with Crippen molar-refractivity contribution in [2.75, 3.05) is 0 Å². The average Bonchev–Trinajstić information content (AvgIpc) is 2.47. The van der Waals surface area contributed by atoms with Crippen LogP contribution >= 0.6 is 0 Å². The standard InChI is InChI=1S/C17H19NO3S/c1-12-4-6-15(7-5-12)13(2)18-22(20,21)17-10-8-16(9-11-17)14(3)19/h4-11,13,18H,1-3H3/t13-/m1/s1. The van der Waals surface area contributed by atoms with Crippen LogP contribution in [0.2, 0.25) is 0 Å². The largest absolute Gasteiger partial charge is 0.295 e. The zero-order chi connectivity index (χ0) is 16.3. The van der Waals surface area contributed by atoms with Crippen molar-refractivity contribution in [3.05, 3.63) is 65.2 Å². The van der Waals surface area contributed by atoms with Crippen LogP contribution in [0.4, 0.5) is 0 Å². The molecular weight excluding hydrogens is 298 g/mol. The molecule has 0 spiro atoms. The zero-order valence-electron chi connectivity index (χ0n) is 12.8. The summed E-state index contributed by atoms with van der Waals surface area (Å²) >= 11 is 0. The first-order valence-corrected chi connectivity index (χ1v) is 8.48. The van der Waals surface area contributed by atoms with Crippen LogP contribution in [0.5, 0.6) is 0 Å². The average molecular weight is 317 g/mol. The number of carbonyl (C=O) groups excluding carboxylic acids is 1. The number of carbonyl (C=O) groups is 1. The minimum absolute atomic E-state index is 0.0927. The predicted octanol–water partition coefficient (Wildman–Crippen LogP) is 3.24. The van der Waals surface area contributed by atoms with Crippen molar-refractivity contribution in [3.63, 3.8) is 0 Å². The van der Waals surface area contributed by atoms with Crippen LogP contribution in [0.25, 0.3) is 0 Å². The van der Waals surface area contributed by atoms with Gasteiger partial charge in [-0.2, -0.15) is 0 Å². The highest BCUT2D eigenvalue weighted by molar-refractivity contribution is 7.89. The fourth-order valence-electron chi connectivity index (χ4n) is 2.09. The number of hydrogen-bond donors (Lipinski definition) is 1. The SMILES string of the molecule is CC(=O)c1ccc(S(=O)(=O)N[C@H](C)c2ccc(C)cc2)cc1. The third kappa shape index (κ3) is 3.81. The molecule has 0 bridgehead atoms. The van der Waals surface area contributed by atoms with E-state index in [2.05, 4.69) is 4.72 Å². The van der Waals surface area contributed by atoms with Crippen molar-refractivity contribution >= 4 is 15.8 Å². The van der Waals surface area contributed by atoms with Crippen molar-refractivity contribution in [2.24, 2.45) is 0 Å². The van der Waals surface area contributed by atoms with Gasteiger partial charge < -0.3 is 0 Å². The Morgan fingerprint density at radius 3 is 2.05 bits per heavy atom. The second kappa shape index (κ2) is 6.42. The molecule has 1 atom stereocenters. The molecule has 0 amide bonds. The molecule has 0 aliphatic rings. The molecule has 0 fully saturated rings. The molecule has 0 aromatic heterocycles. The number of ketones is 1. The number of hydrogen-bond acceptors (Lipinski definition) is 3. The minimum Gasteiger partial charge on any atom is -0.295 e. The van der Waals surface area contributed by atoms with E-state index in [4.69, 9.17) is 0 Å². The van der Waals surface area contributed by atoms with E-state index in [0.29, 0.717) is 5.56 Å². The van der Waals surface area contributed by atoms with Crippen LogP contribution in [0.1, 0.15) is 41.4 Å². The van der Waals surface area contributed by atoms with Gasteiger partial charge in [-0.15, -0.1) is 0 Å². The van der Waals surface area contributed by atoms with Gasteiger partial charge in [0.1, 0.15) is 0 Å². The van der Waals surface area contributed by atoms with Crippen molar-refractivity contribution in [1.29, 1.82) is 0 Å². The van der Waals surface area contributed by atoms with Gasteiger partial charge in [-0.1, -0.05) is 42.0 Å². The smallest absolute Gasteiger partial charge is 0.241 e. The Morgan fingerprint density at radius 1 is 1.00 bits per heavy atom. The topological polar surface area (TPSA) is 63.2 Å². The van der Waals surface area contributed by atoms with Crippen LogP contribution < -0.4 is 4.72 Å². The molecular formula is C17H19NO3S. The maximum atomic E-state index is 12.4. The normalized spacial score (nSPS) is 12.9. The first-order chi connectivity index (χ1) is 10.3. The number of Topliss-reactive ketones (excluding diaryl/α,β-unsaturated/α-hetero) is 1. The molecule has 0 saturated carbocycles. The minimum atomic E-state index is -3.62. The third-order valence-corrected chi connectivity index (χ3v) is 5.04. The number of nitrogens with one attached hydrogen (secondary N) is 1. The molecule has 2 aromatic rings. The summed E-state index contributed by atoms with van der Waals surface area (Å²) in [6, 6.07) is 13.3. The molecule has 0 aliphatic carbocycles. The molecule has 2 aromatic carbocycles. The fourth-order valence-corrected chi connectivity index (χ4v) is 3.32. The molecule has 0 aliphatic heterocycles. The second-order valence-corrected chi connectivity index (χ2v) is 7.05. The lowest BCUT2D eigenvalue weighted by atomic mass is 10.1. The van der Waals surface area contributed by atoms with Crippen LogP contribution in [0.3, 0.4) is 0 Å². The summed E-state index contributed by atoms with van der Waals surface area (Å²) in [6.07, 6.45) is 0. The van der Waals surface area contributed by atoms with Crippen molar-refractivity contribution in [2.45, 2.75) is 31.7 Å². The summed E-state index contributed by atoms with van der Waals surface area (Å²) in [7, 11) is -3.62. The molecule has 2 rings (SSSR count). The Morgan fingerprint density at radius 2 is 1.55 bits per heavy atom. The van der Waals surface area contributed by atoms with E-state index in [-0.39, 0.29) is 16.7 Å². The maximum Gasteiger partial charge on any atom is 0.241 e. The first kappa shape index (κ1) is 16.4. The summed E-state index contributed by atoms with van der Waals surface area (Å²) in [6.45, 7) is 5.22. The lowest BCUT2D eigenvalue weighted by Gasteiger charge is -2.15. The third-order valence-electron chi connectivity index (χ3n) is 3.48. The van der Waals surface area contributed by atoms with Gasteiger partial charge in [0.05, 0.1) is 4.90 Å². The number of aryl methyl sites for hydroxylation is 1. The van der Waals surface area contributed by atoms with Gasteiger partial charge in [-0.25, -0.2) is 13.1 Å². The van der Waals surface area contributed by atoms with Crippen LogP contribution in [0.15, 0.2) is 53.4 Å². The summed E-state index contributed by atoms with van der Waals surface area (Å²) in [5, 5.41) is 0. The number of sulfonamides is 1. The van der Waals surface area contributed by atoms with E-state index >= 15 is 0 Å². The van der Waals surface area contributed by atoms with Gasteiger partial charge in [-0.3, -0.25) is 4.79 Å². The zero-order valence-corrected chi connectivity index (χ0v) is 13.6. The molecule has 5 heteroatoms. The van der Waals surface area contributed by atoms with E-state index in [1.807, 2.05) is 31.2 Å². The van der Waals surface area contributed by atoms with E-state index in [1.54, 1.807) is 6.92 Å². The summed E-state index contributed by atoms with van der Waals surface area (Å²) < 4.78 is 27.4. The Kier molecular flexibility index (Phi) is 4.78. The highest BCUT2D eigenvalue weighted by atomic mass is 32.2. The Hall–Kier alpha value is -1.98. The van der Waals surface area contributed by atoms with Gasteiger partial charge in [0.2, 0.25) is 10.0 Å². The lowest BCUT2D eigenvalue weighted by molar-refractivity contribution is 0.101. The van der Waals surface area contributed by atoms with Gasteiger partial charge in [0.25, 0.3) is 0 Å². The molecule has 22 heavy (non-hydrogen) atoms. The molecule has 0 unspecified atom stereocenters. The Bertz CT molecular complexity index is 763. The van der Waals surface area contributed by atoms with E-state index in [0.717, 1.165) is 11.1 Å². The van der Waals surface area contributed by atoms with E-state index in [9.17, 15) is 13.2 Å². The molecule has 4 nitrogen and oxygen atoms in total. The quantitative estimate of drug-likeness (QED) is 0.861. The Balaban J connectivity index is 2.19. The number of benzene rings is 2. The molecule has 0 saturated heterocycles. The van der Waals surface area contributed by atoms with Crippen LogP contribution in [0, 0.1) is 6.92 Å². The van der Waals surface area contributed by atoms with Gasteiger partial charge in [0, 0.05) is 11.6 Å². The molecule has 0 radical (unpaired) electrons. The van der Waals surface area contributed by atoms with Gasteiger partial charge in [-0.05, 0) is 38.5 Å². The predicted molar refractivity (Wildman–Crippen MR) is 86.4 cm³/mol. The van der Waals surface area contributed by atoms with Crippen LogP contribution in [-0.4, -0.2) is 14.2 Å². The monoisotopic (exact) mass is 317 g/mol. The fraction of sp³-hybridized carbons (Fsp3) is 0.235. The lowest BCUT2D eigenvalue weighted by Crippen LogP contribution is -2.26. The highest BCUT2D eigenvalue weighted by Gasteiger charge is 2.18. The van der Waals surface area contributed by atoms with Crippen molar-refractivity contribution in [3.8, 4) is 0 Å². The summed E-state index contributed by atoms with van der Waals surface area (Å²) in [4.78, 5) is 11.4. The highest BCUT2D eigenvalue weighted by Crippen LogP contribution is 2.18. The van der Waals surface area contributed by atoms with E-state index < -0.39 is 10.0 Å². The van der Waals surface area contributed by atoms with E-state index in [1.165, 1.54) is 31.2 Å². The Labute approximate surface area is 131 Å². The molecule has 116 valence electrons. The van der Waals surface area contributed by atoms with Gasteiger partial charge in [0.15, 0.2) is 5.78 Å². The van der Waals surface area contributed by atoms with Gasteiger partial charge >= 0.3 is 0 Å². The van der Waals surface area contributed by atoms with Crippen LogP contribution in [-0.2, 0) is 10.0 Å². The molecule has 0 heterocycles. The maximum absolute atomic E-state index is 12.4.